The zero-order valence-electron chi connectivity index (χ0n) is 15.0. The molecule has 2 aliphatic rings. The number of ether oxygens (including phenoxy) is 3. The van der Waals surface area contributed by atoms with Gasteiger partial charge in [0.2, 0.25) is 6.29 Å². The molecule has 1 unspecified atom stereocenters. The van der Waals surface area contributed by atoms with E-state index in [0.717, 1.165) is 24.3 Å². The maximum Gasteiger partial charge on any atom is 0.200 e. The van der Waals surface area contributed by atoms with E-state index < -0.39 is 0 Å². The molecule has 1 aliphatic carbocycles. The molecule has 0 bridgehead atoms. The first-order valence-electron chi connectivity index (χ1n) is 9.21. The van der Waals surface area contributed by atoms with Gasteiger partial charge in [0.1, 0.15) is 11.5 Å². The van der Waals surface area contributed by atoms with Crippen molar-refractivity contribution in [2.24, 2.45) is 5.92 Å². The van der Waals surface area contributed by atoms with Gasteiger partial charge in [0.15, 0.2) is 0 Å². The lowest BCUT2D eigenvalue weighted by Crippen LogP contribution is -2.37. The summed E-state index contributed by atoms with van der Waals surface area (Å²) in [5, 5.41) is 0. The maximum absolute atomic E-state index is 6.30. The van der Waals surface area contributed by atoms with Gasteiger partial charge in [0.25, 0.3) is 0 Å². The molecule has 1 saturated heterocycles. The molecule has 2 fully saturated rings. The van der Waals surface area contributed by atoms with E-state index in [0.29, 0.717) is 5.92 Å². The zero-order valence-corrected chi connectivity index (χ0v) is 15.0. The molecular formula is C22H26O3. The summed E-state index contributed by atoms with van der Waals surface area (Å²) in [6, 6.07) is 16.5. The standard InChI is InChI=1S/C22H26O3/c1-16-13-21(25-22(15-16)11-12-22)24-20-6-4-3-5-18(20)14-17-7-9-19(23-2)10-8-17/h3-10,16,21H,11-15H2,1-2H3/t16-,21?/m1/s1. The minimum Gasteiger partial charge on any atom is -0.497 e. The summed E-state index contributed by atoms with van der Waals surface area (Å²) in [6.45, 7) is 2.31. The molecule has 1 aliphatic heterocycles. The molecule has 2 atom stereocenters. The highest BCUT2D eigenvalue weighted by Crippen LogP contribution is 2.50. The van der Waals surface area contributed by atoms with Crippen LogP contribution in [0.3, 0.4) is 0 Å². The van der Waals surface area contributed by atoms with Gasteiger partial charge in [-0.25, -0.2) is 0 Å². The van der Waals surface area contributed by atoms with Crippen LogP contribution in [0.2, 0.25) is 0 Å². The molecular weight excluding hydrogens is 312 g/mol. The second kappa shape index (κ2) is 6.72. The van der Waals surface area contributed by atoms with Gasteiger partial charge in [0.05, 0.1) is 12.7 Å². The fourth-order valence-corrected chi connectivity index (χ4v) is 3.83. The number of hydrogen-bond donors (Lipinski definition) is 0. The van der Waals surface area contributed by atoms with Crippen LogP contribution in [-0.2, 0) is 11.2 Å². The Labute approximate surface area is 149 Å². The van der Waals surface area contributed by atoms with Crippen LogP contribution in [0.1, 0.15) is 43.7 Å². The van der Waals surface area contributed by atoms with E-state index in [-0.39, 0.29) is 11.9 Å². The average Bonchev–Trinajstić information content (AvgIpc) is 3.34. The fraction of sp³-hybridized carbons (Fsp3) is 0.455. The van der Waals surface area contributed by atoms with E-state index >= 15 is 0 Å². The number of para-hydroxylation sites is 1. The topological polar surface area (TPSA) is 27.7 Å². The van der Waals surface area contributed by atoms with Gasteiger partial charge in [-0.05, 0) is 54.5 Å². The average molecular weight is 338 g/mol. The van der Waals surface area contributed by atoms with Crippen LogP contribution in [0, 0.1) is 5.92 Å². The summed E-state index contributed by atoms with van der Waals surface area (Å²) >= 11 is 0. The molecule has 2 aromatic carbocycles. The molecule has 0 amide bonds. The maximum atomic E-state index is 6.30. The largest absolute Gasteiger partial charge is 0.497 e. The van der Waals surface area contributed by atoms with Crippen LogP contribution in [0.25, 0.3) is 0 Å². The molecule has 132 valence electrons. The van der Waals surface area contributed by atoms with Crippen molar-refractivity contribution < 1.29 is 14.2 Å². The normalized spacial score (nSPS) is 24.1. The SMILES string of the molecule is COc1ccc(Cc2ccccc2OC2C[C@@H](C)CC3(CC3)O2)cc1. The second-order valence-electron chi connectivity index (χ2n) is 7.53. The summed E-state index contributed by atoms with van der Waals surface area (Å²) in [7, 11) is 1.69. The van der Waals surface area contributed by atoms with Crippen molar-refractivity contribution in [1.82, 2.24) is 0 Å². The Morgan fingerprint density at radius 1 is 1.08 bits per heavy atom. The second-order valence-corrected chi connectivity index (χ2v) is 7.53. The van der Waals surface area contributed by atoms with Crippen molar-refractivity contribution in [1.29, 1.82) is 0 Å². The van der Waals surface area contributed by atoms with E-state index in [9.17, 15) is 0 Å². The van der Waals surface area contributed by atoms with E-state index in [1.165, 1.54) is 30.4 Å². The highest BCUT2D eigenvalue weighted by atomic mass is 16.7. The van der Waals surface area contributed by atoms with Crippen LogP contribution < -0.4 is 9.47 Å². The predicted octanol–water partition coefficient (Wildman–Crippen LogP) is 4.97. The van der Waals surface area contributed by atoms with Crippen molar-refractivity contribution in [3.05, 3.63) is 59.7 Å². The third-order valence-electron chi connectivity index (χ3n) is 5.29. The molecule has 3 heteroatoms. The van der Waals surface area contributed by atoms with Crippen LogP contribution in [0.15, 0.2) is 48.5 Å². The van der Waals surface area contributed by atoms with Crippen molar-refractivity contribution in [2.45, 2.75) is 50.9 Å². The van der Waals surface area contributed by atoms with Gasteiger partial charge in [-0.2, -0.15) is 0 Å². The highest BCUT2D eigenvalue weighted by molar-refractivity contribution is 5.39. The number of benzene rings is 2. The summed E-state index contributed by atoms with van der Waals surface area (Å²) < 4.78 is 17.8. The third kappa shape index (κ3) is 3.82. The van der Waals surface area contributed by atoms with E-state index in [4.69, 9.17) is 14.2 Å². The van der Waals surface area contributed by atoms with Crippen molar-refractivity contribution in [3.63, 3.8) is 0 Å². The highest BCUT2D eigenvalue weighted by Gasteiger charge is 2.50. The molecule has 2 aromatic rings. The molecule has 3 nitrogen and oxygen atoms in total. The Morgan fingerprint density at radius 2 is 1.84 bits per heavy atom. The van der Waals surface area contributed by atoms with Crippen LogP contribution in [0.5, 0.6) is 11.5 Å². The predicted molar refractivity (Wildman–Crippen MR) is 98.1 cm³/mol. The fourth-order valence-electron chi connectivity index (χ4n) is 3.83. The zero-order chi connectivity index (χ0) is 17.3. The Balaban J connectivity index is 1.48. The Morgan fingerprint density at radius 3 is 2.56 bits per heavy atom. The minimum atomic E-state index is -0.122. The van der Waals surface area contributed by atoms with E-state index in [1.807, 2.05) is 18.2 Å². The number of hydrogen-bond acceptors (Lipinski definition) is 3. The lowest BCUT2D eigenvalue weighted by molar-refractivity contribution is -0.173. The number of methoxy groups -OCH3 is 1. The molecule has 4 rings (SSSR count). The first kappa shape index (κ1) is 16.5. The molecule has 1 saturated carbocycles. The molecule has 0 N–H and O–H groups in total. The smallest absolute Gasteiger partial charge is 0.200 e. The van der Waals surface area contributed by atoms with Crippen LogP contribution in [-0.4, -0.2) is 19.0 Å². The monoisotopic (exact) mass is 338 g/mol. The van der Waals surface area contributed by atoms with Gasteiger partial charge >= 0.3 is 0 Å². The molecule has 1 spiro atoms. The summed E-state index contributed by atoms with van der Waals surface area (Å²) in [5.74, 6) is 2.48. The minimum absolute atomic E-state index is 0.118. The van der Waals surface area contributed by atoms with Gasteiger partial charge in [-0.1, -0.05) is 37.3 Å². The van der Waals surface area contributed by atoms with Gasteiger partial charge in [0, 0.05) is 12.8 Å². The number of rotatable bonds is 5. The first-order chi connectivity index (χ1) is 12.2. The van der Waals surface area contributed by atoms with Gasteiger partial charge < -0.3 is 14.2 Å². The Bertz CT molecular complexity index is 718. The quantitative estimate of drug-likeness (QED) is 0.770. The van der Waals surface area contributed by atoms with Gasteiger partial charge in [-0.15, -0.1) is 0 Å². The summed E-state index contributed by atoms with van der Waals surface area (Å²) in [4.78, 5) is 0. The summed E-state index contributed by atoms with van der Waals surface area (Å²) in [6.07, 6.45) is 5.24. The Kier molecular flexibility index (Phi) is 4.43. The lowest BCUT2D eigenvalue weighted by atomic mass is 9.95. The van der Waals surface area contributed by atoms with E-state index in [1.54, 1.807) is 7.11 Å². The van der Waals surface area contributed by atoms with E-state index in [2.05, 4.69) is 37.3 Å². The molecule has 0 radical (unpaired) electrons. The molecule has 1 heterocycles. The summed E-state index contributed by atoms with van der Waals surface area (Å²) in [5.41, 5.74) is 2.56. The van der Waals surface area contributed by atoms with Crippen LogP contribution in [0.4, 0.5) is 0 Å². The van der Waals surface area contributed by atoms with Crippen molar-refractivity contribution in [3.8, 4) is 11.5 Å². The van der Waals surface area contributed by atoms with Gasteiger partial charge in [-0.3, -0.25) is 0 Å². The third-order valence-corrected chi connectivity index (χ3v) is 5.29. The van der Waals surface area contributed by atoms with Crippen LogP contribution >= 0.6 is 0 Å². The first-order valence-corrected chi connectivity index (χ1v) is 9.21. The lowest BCUT2D eigenvalue weighted by Gasteiger charge is -2.34. The Hall–Kier alpha value is -2.00. The molecule has 0 aromatic heterocycles. The van der Waals surface area contributed by atoms with Crippen molar-refractivity contribution >= 4 is 0 Å². The molecule has 25 heavy (non-hydrogen) atoms. The van der Waals surface area contributed by atoms with Crippen molar-refractivity contribution in [2.75, 3.05) is 7.11 Å².